The highest BCUT2D eigenvalue weighted by Gasteiger charge is 2.32. The van der Waals surface area contributed by atoms with E-state index in [9.17, 15) is 4.79 Å². The minimum Gasteiger partial charge on any atom is -0.489 e. The highest BCUT2D eigenvalue weighted by molar-refractivity contribution is 5.93. The monoisotopic (exact) mass is 300 g/mol. The number of carbonyl (C=O) groups is 1. The van der Waals surface area contributed by atoms with Crippen molar-refractivity contribution in [2.75, 3.05) is 6.54 Å². The maximum atomic E-state index is 12.3. The Bertz CT molecular complexity index is 620. The number of nitrogens with two attached hydrogens (primary N) is 1. The van der Waals surface area contributed by atoms with Gasteiger partial charge in [0.25, 0.3) is 5.91 Å². The normalized spacial score (nSPS) is 15.3. The second-order valence-electron chi connectivity index (χ2n) is 5.53. The van der Waals surface area contributed by atoms with Crippen molar-refractivity contribution in [1.82, 2.24) is 5.32 Å². The fourth-order valence-electron chi connectivity index (χ4n) is 2.43. The van der Waals surface area contributed by atoms with Crippen LogP contribution in [0.2, 0.25) is 0 Å². The van der Waals surface area contributed by atoms with Gasteiger partial charge in [0.15, 0.2) is 5.76 Å². The van der Waals surface area contributed by atoms with Gasteiger partial charge in [-0.25, -0.2) is 0 Å². The average molecular weight is 300 g/mol. The third-order valence-corrected chi connectivity index (χ3v) is 3.85. The summed E-state index contributed by atoms with van der Waals surface area (Å²) in [6.45, 7) is 0.743. The number of hydrogen-bond donors (Lipinski definition) is 2. The topological polar surface area (TPSA) is 77.5 Å². The fraction of sp³-hybridized carbons (Fsp3) is 0.353. The summed E-state index contributed by atoms with van der Waals surface area (Å²) in [5.74, 6) is 1.34. The van der Waals surface area contributed by atoms with Gasteiger partial charge in [-0.3, -0.25) is 4.79 Å². The van der Waals surface area contributed by atoms with Gasteiger partial charge in [-0.1, -0.05) is 18.2 Å². The molecule has 3 rings (SSSR count). The zero-order chi connectivity index (χ0) is 15.4. The molecule has 5 heteroatoms. The number of nitrogens with one attached hydrogen (secondary N) is 1. The van der Waals surface area contributed by atoms with E-state index in [4.69, 9.17) is 14.9 Å². The van der Waals surface area contributed by atoms with Crippen LogP contribution in [0.3, 0.4) is 0 Å². The Morgan fingerprint density at radius 2 is 2.09 bits per heavy atom. The first-order valence-corrected chi connectivity index (χ1v) is 7.53. The Labute approximate surface area is 129 Å². The number of carbonyl (C=O) groups excluding carboxylic acids is 1. The van der Waals surface area contributed by atoms with Crippen LogP contribution in [0.15, 0.2) is 47.1 Å². The van der Waals surface area contributed by atoms with Crippen molar-refractivity contribution in [2.45, 2.75) is 25.5 Å². The highest BCUT2D eigenvalue weighted by atomic mass is 16.5. The number of furan rings is 1. The largest absolute Gasteiger partial charge is 0.489 e. The zero-order valence-electron chi connectivity index (χ0n) is 12.3. The Kier molecular flexibility index (Phi) is 4.44. The summed E-state index contributed by atoms with van der Waals surface area (Å²) < 4.78 is 11.0. The average Bonchev–Trinajstić information content (AvgIpc) is 3.28. The van der Waals surface area contributed by atoms with Gasteiger partial charge in [0.1, 0.15) is 12.4 Å². The van der Waals surface area contributed by atoms with E-state index in [1.165, 1.54) is 6.26 Å². The molecule has 3 N–H and O–H groups in total. The summed E-state index contributed by atoms with van der Waals surface area (Å²) in [7, 11) is 0. The van der Waals surface area contributed by atoms with Gasteiger partial charge in [-0.15, -0.1) is 0 Å². The number of para-hydroxylation sites is 1. The summed E-state index contributed by atoms with van der Waals surface area (Å²) in [5.41, 5.74) is 6.45. The van der Waals surface area contributed by atoms with Crippen LogP contribution >= 0.6 is 0 Å². The number of amides is 1. The molecule has 0 bridgehead atoms. The van der Waals surface area contributed by atoms with Crippen molar-refractivity contribution in [1.29, 1.82) is 0 Å². The van der Waals surface area contributed by atoms with Crippen molar-refractivity contribution in [2.24, 2.45) is 11.7 Å². The predicted molar refractivity (Wildman–Crippen MR) is 82.5 cm³/mol. The van der Waals surface area contributed by atoms with E-state index in [0.29, 0.717) is 24.8 Å². The van der Waals surface area contributed by atoms with Crippen LogP contribution in [0.4, 0.5) is 0 Å². The lowest BCUT2D eigenvalue weighted by Crippen LogP contribution is -2.41. The third-order valence-electron chi connectivity index (χ3n) is 3.85. The molecule has 1 saturated carbocycles. The van der Waals surface area contributed by atoms with Crippen LogP contribution in [0, 0.1) is 5.92 Å². The molecule has 1 heterocycles. The van der Waals surface area contributed by atoms with Crippen LogP contribution in [0.5, 0.6) is 5.75 Å². The summed E-state index contributed by atoms with van der Waals surface area (Å²) in [4.78, 5) is 12.3. The fourth-order valence-corrected chi connectivity index (χ4v) is 2.43. The number of rotatable bonds is 7. The van der Waals surface area contributed by atoms with Crippen molar-refractivity contribution < 1.29 is 13.9 Å². The number of benzene rings is 1. The zero-order valence-corrected chi connectivity index (χ0v) is 12.3. The smallest absolute Gasteiger partial charge is 0.287 e. The van der Waals surface area contributed by atoms with Gasteiger partial charge in [0, 0.05) is 18.2 Å². The molecule has 0 radical (unpaired) electrons. The van der Waals surface area contributed by atoms with Gasteiger partial charge in [0.05, 0.1) is 6.26 Å². The van der Waals surface area contributed by atoms with Gasteiger partial charge >= 0.3 is 0 Å². The molecule has 0 saturated heterocycles. The Hall–Kier alpha value is -2.27. The molecule has 1 aromatic heterocycles. The van der Waals surface area contributed by atoms with Crippen molar-refractivity contribution in [3.05, 3.63) is 54.0 Å². The molecule has 5 nitrogen and oxygen atoms in total. The van der Waals surface area contributed by atoms with Gasteiger partial charge in [-0.2, -0.15) is 0 Å². The molecule has 1 unspecified atom stereocenters. The van der Waals surface area contributed by atoms with E-state index in [1.54, 1.807) is 6.07 Å². The van der Waals surface area contributed by atoms with Crippen LogP contribution in [-0.2, 0) is 6.61 Å². The van der Waals surface area contributed by atoms with Crippen LogP contribution in [0.25, 0.3) is 0 Å². The van der Waals surface area contributed by atoms with Crippen molar-refractivity contribution >= 4 is 5.91 Å². The summed E-state index contributed by atoms with van der Waals surface area (Å²) in [6, 6.07) is 11.3. The molecule has 2 aromatic rings. The summed E-state index contributed by atoms with van der Waals surface area (Å²) >= 11 is 0. The van der Waals surface area contributed by atoms with E-state index in [2.05, 4.69) is 5.32 Å². The first kappa shape index (κ1) is 14.7. The molecule has 116 valence electrons. The molecule has 1 aromatic carbocycles. The first-order valence-electron chi connectivity index (χ1n) is 7.53. The highest BCUT2D eigenvalue weighted by Crippen LogP contribution is 2.32. The molecular formula is C17H20N2O3. The van der Waals surface area contributed by atoms with Gasteiger partial charge in [-0.05, 0) is 37.0 Å². The lowest BCUT2D eigenvalue weighted by Gasteiger charge is -2.15. The number of ether oxygens (including phenoxy) is 1. The van der Waals surface area contributed by atoms with E-state index < -0.39 is 0 Å². The van der Waals surface area contributed by atoms with Crippen LogP contribution in [0.1, 0.15) is 29.0 Å². The molecule has 1 aliphatic carbocycles. The SMILES string of the molecule is NCC(NC(=O)c1occc1COc1ccccc1)C1CC1. The summed E-state index contributed by atoms with van der Waals surface area (Å²) in [5, 5.41) is 2.96. The van der Waals surface area contributed by atoms with E-state index >= 15 is 0 Å². The molecule has 0 spiro atoms. The molecule has 22 heavy (non-hydrogen) atoms. The lowest BCUT2D eigenvalue weighted by molar-refractivity contribution is 0.0902. The summed E-state index contributed by atoms with van der Waals surface area (Å²) in [6.07, 6.45) is 3.77. The second-order valence-corrected chi connectivity index (χ2v) is 5.53. The predicted octanol–water partition coefficient (Wildman–Crippen LogP) is 2.33. The Morgan fingerprint density at radius 3 is 2.77 bits per heavy atom. The van der Waals surface area contributed by atoms with Crippen molar-refractivity contribution in [3.63, 3.8) is 0 Å². The maximum absolute atomic E-state index is 12.3. The molecular weight excluding hydrogens is 280 g/mol. The van der Waals surface area contributed by atoms with Crippen molar-refractivity contribution in [3.8, 4) is 5.75 Å². The molecule has 0 aliphatic heterocycles. The molecule has 1 atom stereocenters. The molecule has 1 aliphatic rings. The quantitative estimate of drug-likeness (QED) is 0.822. The molecule has 1 amide bonds. The van der Waals surface area contributed by atoms with Crippen LogP contribution in [-0.4, -0.2) is 18.5 Å². The van der Waals surface area contributed by atoms with E-state index in [0.717, 1.165) is 24.2 Å². The van der Waals surface area contributed by atoms with Gasteiger partial charge in [0.2, 0.25) is 0 Å². The Balaban J connectivity index is 1.62. The first-order chi connectivity index (χ1) is 10.8. The number of hydrogen-bond acceptors (Lipinski definition) is 4. The Morgan fingerprint density at radius 1 is 1.32 bits per heavy atom. The third kappa shape index (κ3) is 3.49. The molecule has 1 fully saturated rings. The standard InChI is InChI=1S/C17H20N2O3/c18-10-15(12-6-7-12)19-17(20)16-13(8-9-21-16)11-22-14-4-2-1-3-5-14/h1-5,8-9,12,15H,6-7,10-11,18H2,(H,19,20). The minimum absolute atomic E-state index is 0.0282. The minimum atomic E-state index is -0.223. The lowest BCUT2D eigenvalue weighted by atomic mass is 10.1. The van der Waals surface area contributed by atoms with Crippen LogP contribution < -0.4 is 15.8 Å². The van der Waals surface area contributed by atoms with E-state index in [1.807, 2.05) is 30.3 Å². The second kappa shape index (κ2) is 6.66. The van der Waals surface area contributed by atoms with Gasteiger partial charge < -0.3 is 20.2 Å². The van der Waals surface area contributed by atoms with E-state index in [-0.39, 0.29) is 11.9 Å². The maximum Gasteiger partial charge on any atom is 0.287 e.